The van der Waals surface area contributed by atoms with E-state index in [0.717, 1.165) is 0 Å². The Morgan fingerprint density at radius 3 is 2.20 bits per heavy atom. The Morgan fingerprint density at radius 1 is 1.16 bits per heavy atom. The zero-order valence-corrected chi connectivity index (χ0v) is 15.3. The minimum absolute atomic E-state index is 0.00227. The Bertz CT molecular complexity index is 509. The first-order chi connectivity index (χ1) is 11.5. The van der Waals surface area contributed by atoms with Crippen LogP contribution in [0, 0.1) is 5.92 Å². The number of alkyl carbamates (subject to hydrolysis) is 1. The van der Waals surface area contributed by atoms with E-state index in [2.05, 4.69) is 10.2 Å². The van der Waals surface area contributed by atoms with Crippen molar-refractivity contribution in [2.24, 2.45) is 5.92 Å². The highest BCUT2D eigenvalue weighted by atomic mass is 16.8. The van der Waals surface area contributed by atoms with Crippen molar-refractivity contribution in [2.45, 2.75) is 65.5 Å². The van der Waals surface area contributed by atoms with Crippen LogP contribution in [0.4, 0.5) is 9.59 Å². The van der Waals surface area contributed by atoms with Gasteiger partial charge in [-0.05, 0) is 33.1 Å². The normalized spacial score (nSPS) is 16.0. The van der Waals surface area contributed by atoms with E-state index < -0.39 is 35.7 Å². The van der Waals surface area contributed by atoms with Crippen molar-refractivity contribution >= 4 is 24.1 Å². The lowest BCUT2D eigenvalue weighted by Gasteiger charge is -2.24. The number of hydrogen-bond donors (Lipinski definition) is 1. The zero-order valence-electron chi connectivity index (χ0n) is 15.3. The lowest BCUT2D eigenvalue weighted by molar-refractivity contribution is -0.177. The summed E-state index contributed by atoms with van der Waals surface area (Å²) in [5, 5.41) is 3.03. The quantitative estimate of drug-likeness (QED) is 0.572. The van der Waals surface area contributed by atoms with E-state index in [4.69, 9.17) is 9.47 Å². The first kappa shape index (κ1) is 20.7. The standard InChI is InChI=1S/C16H26N2O7/c1-10(2)8-11(17-14(21)24-16(3,4)5)9-23-15(22)25-18-12(19)6-7-13(18)20/h10-11H,6-9H2,1-5H3,(H,17,21)/t11-/m0/s1. The van der Waals surface area contributed by atoms with Crippen molar-refractivity contribution in [3.63, 3.8) is 0 Å². The summed E-state index contributed by atoms with van der Waals surface area (Å²) in [7, 11) is 0. The Kier molecular flexibility index (Phi) is 7.20. The van der Waals surface area contributed by atoms with Crippen LogP contribution in [0.25, 0.3) is 0 Å². The summed E-state index contributed by atoms with van der Waals surface area (Å²) in [6.07, 6.45) is -1.26. The molecule has 9 nitrogen and oxygen atoms in total. The van der Waals surface area contributed by atoms with Crippen LogP contribution < -0.4 is 5.32 Å². The highest BCUT2D eigenvalue weighted by Gasteiger charge is 2.33. The van der Waals surface area contributed by atoms with Gasteiger partial charge in [0.15, 0.2) is 0 Å². The average Bonchev–Trinajstić information content (AvgIpc) is 2.74. The maximum absolute atomic E-state index is 11.9. The van der Waals surface area contributed by atoms with E-state index in [-0.39, 0.29) is 25.4 Å². The molecule has 1 aliphatic rings. The van der Waals surface area contributed by atoms with E-state index >= 15 is 0 Å². The van der Waals surface area contributed by atoms with Crippen LogP contribution in [-0.4, -0.2) is 47.4 Å². The maximum Gasteiger partial charge on any atom is 0.534 e. The summed E-state index contributed by atoms with van der Waals surface area (Å²) in [6, 6.07) is -0.493. The third kappa shape index (κ3) is 7.86. The molecule has 0 unspecified atom stereocenters. The maximum atomic E-state index is 11.9. The van der Waals surface area contributed by atoms with Gasteiger partial charge in [0.2, 0.25) is 0 Å². The molecule has 3 amide bonds. The van der Waals surface area contributed by atoms with Crippen molar-refractivity contribution in [3.8, 4) is 0 Å². The van der Waals surface area contributed by atoms with Crippen molar-refractivity contribution in [1.82, 2.24) is 10.4 Å². The average molecular weight is 358 g/mol. The van der Waals surface area contributed by atoms with Crippen molar-refractivity contribution in [3.05, 3.63) is 0 Å². The van der Waals surface area contributed by atoms with E-state index in [9.17, 15) is 19.2 Å². The summed E-state index contributed by atoms with van der Waals surface area (Å²) in [4.78, 5) is 50.9. The van der Waals surface area contributed by atoms with Gasteiger partial charge in [0.25, 0.3) is 11.8 Å². The number of nitrogens with one attached hydrogen (secondary N) is 1. The van der Waals surface area contributed by atoms with Crippen molar-refractivity contribution in [2.75, 3.05) is 6.61 Å². The van der Waals surface area contributed by atoms with Crippen LogP contribution in [0.5, 0.6) is 0 Å². The van der Waals surface area contributed by atoms with Crippen LogP contribution in [0.1, 0.15) is 53.9 Å². The molecule has 0 aromatic heterocycles. The molecule has 0 bridgehead atoms. The molecular formula is C16H26N2O7. The van der Waals surface area contributed by atoms with Gasteiger partial charge in [-0.25, -0.2) is 9.59 Å². The lowest BCUT2D eigenvalue weighted by Crippen LogP contribution is -2.43. The molecule has 142 valence electrons. The summed E-state index contributed by atoms with van der Waals surface area (Å²) in [6.45, 7) is 8.94. The molecule has 1 heterocycles. The Hall–Kier alpha value is -2.32. The molecule has 0 saturated carbocycles. The van der Waals surface area contributed by atoms with Gasteiger partial charge < -0.3 is 14.8 Å². The van der Waals surface area contributed by atoms with Gasteiger partial charge in [-0.15, -0.1) is 0 Å². The number of hydroxylamine groups is 2. The van der Waals surface area contributed by atoms with Gasteiger partial charge >= 0.3 is 12.2 Å². The molecule has 1 aliphatic heterocycles. The zero-order chi connectivity index (χ0) is 19.2. The molecule has 9 heteroatoms. The highest BCUT2D eigenvalue weighted by molar-refractivity contribution is 6.01. The third-order valence-corrected chi connectivity index (χ3v) is 3.05. The number of rotatable bonds is 6. The largest absolute Gasteiger partial charge is 0.534 e. The SMILES string of the molecule is CC(C)C[C@@H](COC(=O)ON1C(=O)CCC1=O)NC(=O)OC(C)(C)C. The van der Waals surface area contributed by atoms with E-state index in [1.165, 1.54) is 0 Å². The molecule has 1 saturated heterocycles. The summed E-state index contributed by atoms with van der Waals surface area (Å²) in [5.74, 6) is -0.957. The fraction of sp³-hybridized carbons (Fsp3) is 0.750. The minimum atomic E-state index is -1.18. The molecule has 0 spiro atoms. The Morgan fingerprint density at radius 2 is 1.72 bits per heavy atom. The molecule has 0 aliphatic carbocycles. The minimum Gasteiger partial charge on any atom is -0.444 e. The fourth-order valence-electron chi connectivity index (χ4n) is 2.14. The molecule has 1 N–H and O–H groups in total. The molecular weight excluding hydrogens is 332 g/mol. The van der Waals surface area contributed by atoms with Crippen LogP contribution in [0.15, 0.2) is 0 Å². The molecule has 0 aromatic rings. The van der Waals surface area contributed by atoms with E-state index in [1.54, 1.807) is 20.8 Å². The third-order valence-electron chi connectivity index (χ3n) is 3.05. The number of carbonyl (C=O) groups is 4. The van der Waals surface area contributed by atoms with Gasteiger partial charge in [-0.3, -0.25) is 14.4 Å². The monoisotopic (exact) mass is 358 g/mol. The topological polar surface area (TPSA) is 111 Å². The smallest absolute Gasteiger partial charge is 0.444 e. The second-order valence-electron chi connectivity index (χ2n) is 7.21. The molecule has 1 rings (SSSR count). The Labute approximate surface area is 146 Å². The van der Waals surface area contributed by atoms with Gasteiger partial charge in [0.1, 0.15) is 12.2 Å². The highest BCUT2D eigenvalue weighted by Crippen LogP contribution is 2.13. The Balaban J connectivity index is 2.51. The molecule has 0 aromatic carbocycles. The van der Waals surface area contributed by atoms with E-state index in [0.29, 0.717) is 11.5 Å². The first-order valence-electron chi connectivity index (χ1n) is 8.18. The lowest BCUT2D eigenvalue weighted by atomic mass is 10.0. The number of carbonyl (C=O) groups excluding carboxylic acids is 4. The van der Waals surface area contributed by atoms with Crippen molar-refractivity contribution in [1.29, 1.82) is 0 Å². The number of hydrogen-bond acceptors (Lipinski definition) is 7. The summed E-state index contributed by atoms with van der Waals surface area (Å²) < 4.78 is 10.1. The van der Waals surface area contributed by atoms with Crippen LogP contribution >= 0.6 is 0 Å². The van der Waals surface area contributed by atoms with Crippen LogP contribution in [0.2, 0.25) is 0 Å². The van der Waals surface area contributed by atoms with Gasteiger partial charge in [-0.1, -0.05) is 18.9 Å². The predicted molar refractivity (Wildman–Crippen MR) is 86.1 cm³/mol. The second kappa shape index (κ2) is 8.68. The molecule has 1 atom stereocenters. The van der Waals surface area contributed by atoms with Gasteiger partial charge in [0, 0.05) is 12.8 Å². The summed E-state index contributed by atoms with van der Waals surface area (Å²) >= 11 is 0. The van der Waals surface area contributed by atoms with E-state index in [1.807, 2.05) is 13.8 Å². The second-order valence-corrected chi connectivity index (χ2v) is 7.21. The number of amides is 3. The fourth-order valence-corrected chi connectivity index (χ4v) is 2.14. The van der Waals surface area contributed by atoms with Crippen LogP contribution in [-0.2, 0) is 23.9 Å². The molecule has 25 heavy (non-hydrogen) atoms. The van der Waals surface area contributed by atoms with Gasteiger partial charge in [0.05, 0.1) is 6.04 Å². The summed E-state index contributed by atoms with van der Waals surface area (Å²) in [5.41, 5.74) is -0.650. The first-order valence-corrected chi connectivity index (χ1v) is 8.18. The molecule has 0 radical (unpaired) electrons. The number of imide groups is 1. The molecule has 1 fully saturated rings. The number of nitrogens with zero attached hydrogens (tertiary/aromatic N) is 1. The van der Waals surface area contributed by atoms with Crippen LogP contribution in [0.3, 0.4) is 0 Å². The van der Waals surface area contributed by atoms with Crippen molar-refractivity contribution < 1.29 is 33.5 Å². The predicted octanol–water partition coefficient (Wildman–Crippen LogP) is 2.14. The number of ether oxygens (including phenoxy) is 2. The van der Waals surface area contributed by atoms with Gasteiger partial charge in [-0.2, -0.15) is 0 Å².